The molecule has 0 amide bonds. The van der Waals surface area contributed by atoms with E-state index in [0.29, 0.717) is 18.7 Å². The van der Waals surface area contributed by atoms with Gasteiger partial charge in [0.25, 0.3) is 0 Å². The number of hydrogen-bond donors (Lipinski definition) is 2. The van der Waals surface area contributed by atoms with Gasteiger partial charge < -0.3 is 14.6 Å². The van der Waals surface area contributed by atoms with Crippen molar-refractivity contribution in [3.8, 4) is 17.6 Å². The first-order valence-corrected chi connectivity index (χ1v) is 6.81. The standard InChI is InChI=1S/C15H20N2O3/c1-10-6-11-7-15(19-2)12(8-14(11)20-10)13(9-16)17-4-3-5-18/h7-8,10,13,17-18H,3-6H2,1-2H3. The van der Waals surface area contributed by atoms with Gasteiger partial charge in [0.2, 0.25) is 0 Å². The van der Waals surface area contributed by atoms with Crippen molar-refractivity contribution < 1.29 is 14.6 Å². The SMILES string of the molecule is COc1cc2c(cc1C(C#N)NCCCO)OC(C)C2. The van der Waals surface area contributed by atoms with E-state index < -0.39 is 6.04 Å². The van der Waals surface area contributed by atoms with Crippen molar-refractivity contribution in [2.45, 2.75) is 31.9 Å². The molecule has 5 heteroatoms. The summed E-state index contributed by atoms with van der Waals surface area (Å²) in [6.45, 7) is 2.70. The van der Waals surface area contributed by atoms with Crippen molar-refractivity contribution in [1.82, 2.24) is 5.32 Å². The molecule has 1 aromatic rings. The van der Waals surface area contributed by atoms with Crippen LogP contribution < -0.4 is 14.8 Å². The molecule has 5 nitrogen and oxygen atoms in total. The molecule has 2 atom stereocenters. The average Bonchev–Trinajstić information content (AvgIpc) is 2.81. The molecule has 0 radical (unpaired) electrons. The van der Waals surface area contributed by atoms with Gasteiger partial charge in [-0.15, -0.1) is 0 Å². The number of aliphatic hydroxyl groups is 1. The van der Waals surface area contributed by atoms with Crippen LogP contribution in [0.3, 0.4) is 0 Å². The van der Waals surface area contributed by atoms with Crippen molar-refractivity contribution in [2.24, 2.45) is 0 Å². The highest BCUT2D eigenvalue weighted by atomic mass is 16.5. The third-order valence-corrected chi connectivity index (χ3v) is 3.37. The van der Waals surface area contributed by atoms with Crippen LogP contribution in [0, 0.1) is 11.3 Å². The maximum atomic E-state index is 9.33. The monoisotopic (exact) mass is 276 g/mol. The molecule has 0 bridgehead atoms. The second kappa shape index (κ2) is 6.60. The van der Waals surface area contributed by atoms with Gasteiger partial charge in [-0.25, -0.2) is 0 Å². The Labute approximate surface area is 119 Å². The highest BCUT2D eigenvalue weighted by Crippen LogP contribution is 2.37. The molecule has 0 spiro atoms. The van der Waals surface area contributed by atoms with E-state index in [2.05, 4.69) is 11.4 Å². The Morgan fingerprint density at radius 2 is 2.40 bits per heavy atom. The van der Waals surface area contributed by atoms with Gasteiger partial charge in [-0.2, -0.15) is 5.26 Å². The molecule has 108 valence electrons. The Balaban J connectivity index is 2.25. The minimum absolute atomic E-state index is 0.104. The topological polar surface area (TPSA) is 74.5 Å². The number of ether oxygens (including phenoxy) is 2. The molecular formula is C15H20N2O3. The molecule has 0 aliphatic carbocycles. The molecule has 1 aromatic carbocycles. The van der Waals surface area contributed by atoms with Crippen molar-refractivity contribution >= 4 is 0 Å². The Morgan fingerprint density at radius 3 is 3.05 bits per heavy atom. The van der Waals surface area contributed by atoms with Crippen LogP contribution in [0.4, 0.5) is 0 Å². The summed E-state index contributed by atoms with van der Waals surface area (Å²) >= 11 is 0. The van der Waals surface area contributed by atoms with Crippen LogP contribution >= 0.6 is 0 Å². The van der Waals surface area contributed by atoms with E-state index in [1.165, 1.54) is 0 Å². The van der Waals surface area contributed by atoms with Crippen LogP contribution in [-0.2, 0) is 6.42 Å². The fraction of sp³-hybridized carbons (Fsp3) is 0.533. The first kappa shape index (κ1) is 14.6. The number of nitrogens with zero attached hydrogens (tertiary/aromatic N) is 1. The maximum absolute atomic E-state index is 9.33. The Bertz CT molecular complexity index is 511. The van der Waals surface area contributed by atoms with Crippen LogP contribution in [0.1, 0.15) is 30.5 Å². The fourth-order valence-electron chi connectivity index (χ4n) is 2.41. The zero-order valence-corrected chi connectivity index (χ0v) is 11.8. The molecule has 0 aromatic heterocycles. The lowest BCUT2D eigenvalue weighted by atomic mass is 10.0. The first-order chi connectivity index (χ1) is 9.69. The number of aliphatic hydroxyl groups excluding tert-OH is 1. The largest absolute Gasteiger partial charge is 0.496 e. The minimum atomic E-state index is -0.471. The molecule has 20 heavy (non-hydrogen) atoms. The molecule has 1 heterocycles. The van der Waals surface area contributed by atoms with Gasteiger partial charge in [0, 0.05) is 24.2 Å². The van der Waals surface area contributed by atoms with Gasteiger partial charge in [0.1, 0.15) is 23.6 Å². The third kappa shape index (κ3) is 3.03. The normalized spacial score (nSPS) is 18.0. The summed E-state index contributed by atoms with van der Waals surface area (Å²) in [6.07, 6.45) is 1.63. The molecule has 2 rings (SSSR count). The molecule has 0 saturated heterocycles. The molecule has 2 N–H and O–H groups in total. The van der Waals surface area contributed by atoms with Crippen LogP contribution in [0.2, 0.25) is 0 Å². The Morgan fingerprint density at radius 1 is 1.60 bits per heavy atom. The smallest absolute Gasteiger partial charge is 0.125 e. The molecule has 0 saturated carbocycles. The van der Waals surface area contributed by atoms with Crippen molar-refractivity contribution in [1.29, 1.82) is 5.26 Å². The number of nitrogens with one attached hydrogen (secondary N) is 1. The van der Waals surface area contributed by atoms with Crippen molar-refractivity contribution in [3.63, 3.8) is 0 Å². The molecule has 0 fully saturated rings. The summed E-state index contributed by atoms with van der Waals surface area (Å²) in [6, 6.07) is 5.59. The summed E-state index contributed by atoms with van der Waals surface area (Å²) in [5, 5.41) is 21.2. The fourth-order valence-corrected chi connectivity index (χ4v) is 2.41. The van der Waals surface area contributed by atoms with Gasteiger partial charge in [-0.3, -0.25) is 5.32 Å². The summed E-state index contributed by atoms with van der Waals surface area (Å²) in [7, 11) is 1.60. The van der Waals surface area contributed by atoms with Crippen LogP contribution in [0.25, 0.3) is 0 Å². The summed E-state index contributed by atoms with van der Waals surface area (Å²) in [5.41, 5.74) is 1.89. The quantitative estimate of drug-likeness (QED) is 0.771. The van der Waals surface area contributed by atoms with Crippen LogP contribution in [0.5, 0.6) is 11.5 Å². The second-order valence-electron chi connectivity index (χ2n) is 4.93. The number of methoxy groups -OCH3 is 1. The predicted molar refractivity (Wildman–Crippen MR) is 74.8 cm³/mol. The van der Waals surface area contributed by atoms with E-state index >= 15 is 0 Å². The number of hydrogen-bond acceptors (Lipinski definition) is 5. The van der Waals surface area contributed by atoms with Crippen LogP contribution in [0.15, 0.2) is 12.1 Å². The van der Waals surface area contributed by atoms with E-state index in [0.717, 1.165) is 23.3 Å². The lowest BCUT2D eigenvalue weighted by Gasteiger charge is -2.16. The van der Waals surface area contributed by atoms with E-state index in [-0.39, 0.29) is 12.7 Å². The van der Waals surface area contributed by atoms with E-state index in [4.69, 9.17) is 14.6 Å². The molecular weight excluding hydrogens is 256 g/mol. The van der Waals surface area contributed by atoms with Gasteiger partial charge in [0.05, 0.1) is 13.2 Å². The summed E-state index contributed by atoms with van der Waals surface area (Å²) < 4.78 is 11.1. The number of nitriles is 1. The van der Waals surface area contributed by atoms with Gasteiger partial charge in [-0.1, -0.05) is 0 Å². The van der Waals surface area contributed by atoms with Gasteiger partial charge in [0.15, 0.2) is 0 Å². The van der Waals surface area contributed by atoms with Crippen molar-refractivity contribution in [3.05, 3.63) is 23.3 Å². The lowest BCUT2D eigenvalue weighted by molar-refractivity contribution is 0.254. The number of rotatable bonds is 6. The number of benzene rings is 1. The van der Waals surface area contributed by atoms with E-state index in [1.54, 1.807) is 7.11 Å². The van der Waals surface area contributed by atoms with Gasteiger partial charge >= 0.3 is 0 Å². The molecule has 1 aliphatic heterocycles. The van der Waals surface area contributed by atoms with Gasteiger partial charge in [-0.05, 0) is 32.0 Å². The molecule has 1 aliphatic rings. The molecule has 2 unspecified atom stereocenters. The second-order valence-corrected chi connectivity index (χ2v) is 4.93. The third-order valence-electron chi connectivity index (χ3n) is 3.37. The summed E-state index contributed by atoms with van der Waals surface area (Å²) in [4.78, 5) is 0. The number of fused-ring (bicyclic) bond motifs is 1. The van der Waals surface area contributed by atoms with Crippen molar-refractivity contribution in [2.75, 3.05) is 20.3 Å². The average molecular weight is 276 g/mol. The first-order valence-electron chi connectivity index (χ1n) is 6.81. The lowest BCUT2D eigenvalue weighted by Crippen LogP contribution is -2.22. The van der Waals surface area contributed by atoms with E-state index in [9.17, 15) is 5.26 Å². The summed E-state index contributed by atoms with van der Waals surface area (Å²) in [5.74, 6) is 1.53. The highest BCUT2D eigenvalue weighted by Gasteiger charge is 2.24. The minimum Gasteiger partial charge on any atom is -0.496 e. The predicted octanol–water partition coefficient (Wildman–Crippen LogP) is 1.56. The Hall–Kier alpha value is -1.77. The van der Waals surface area contributed by atoms with E-state index in [1.807, 2.05) is 19.1 Å². The maximum Gasteiger partial charge on any atom is 0.125 e. The zero-order valence-electron chi connectivity index (χ0n) is 11.8. The Kier molecular flexibility index (Phi) is 4.83. The highest BCUT2D eigenvalue weighted by molar-refractivity contribution is 5.51. The zero-order chi connectivity index (χ0) is 14.5. The van der Waals surface area contributed by atoms with Crippen LogP contribution in [-0.4, -0.2) is 31.5 Å².